The van der Waals surface area contributed by atoms with Crippen LogP contribution < -0.4 is 5.73 Å². The second kappa shape index (κ2) is 6.03. The van der Waals surface area contributed by atoms with Gasteiger partial charge in [0.05, 0.1) is 21.4 Å². The van der Waals surface area contributed by atoms with Gasteiger partial charge in [0.1, 0.15) is 5.82 Å². The van der Waals surface area contributed by atoms with E-state index in [1.54, 1.807) is 18.2 Å². The maximum Gasteiger partial charge on any atom is 0.123 e. The molecule has 0 fully saturated rings. The van der Waals surface area contributed by atoms with Crippen molar-refractivity contribution < 1.29 is 8.60 Å². The van der Waals surface area contributed by atoms with E-state index in [0.717, 1.165) is 0 Å². The van der Waals surface area contributed by atoms with Crippen LogP contribution in [0.15, 0.2) is 45.8 Å². The quantitative estimate of drug-likeness (QED) is 0.834. The van der Waals surface area contributed by atoms with Gasteiger partial charge in [-0.05, 0) is 57.9 Å². The van der Waals surface area contributed by atoms with Gasteiger partial charge < -0.3 is 5.73 Å². The van der Waals surface area contributed by atoms with Gasteiger partial charge in [-0.25, -0.2) is 4.39 Å². The zero-order chi connectivity index (χ0) is 14.0. The fourth-order valence-corrected chi connectivity index (χ4v) is 3.95. The summed E-state index contributed by atoms with van der Waals surface area (Å²) in [6.45, 7) is 0. The molecule has 0 amide bonds. The minimum Gasteiger partial charge on any atom is -0.399 e. The van der Waals surface area contributed by atoms with Gasteiger partial charge in [0.15, 0.2) is 0 Å². The molecule has 0 aromatic heterocycles. The lowest BCUT2D eigenvalue weighted by atomic mass is 10.2. The summed E-state index contributed by atoms with van der Waals surface area (Å²) >= 11 is 9.27. The Bertz CT molecular complexity index is 651. The van der Waals surface area contributed by atoms with Crippen LogP contribution in [-0.2, 0) is 16.6 Å². The molecule has 2 aromatic carbocycles. The van der Waals surface area contributed by atoms with Crippen LogP contribution in [-0.4, -0.2) is 4.21 Å². The number of benzene rings is 2. The Labute approximate surface area is 126 Å². The van der Waals surface area contributed by atoms with Gasteiger partial charge in [0.25, 0.3) is 0 Å². The lowest BCUT2D eigenvalue weighted by molar-refractivity contribution is 0.626. The summed E-state index contributed by atoms with van der Waals surface area (Å²) in [5.41, 5.74) is 6.72. The summed E-state index contributed by atoms with van der Waals surface area (Å²) in [6, 6.07) is 9.06. The number of nitrogen functional groups attached to an aromatic ring is 1. The molecule has 0 saturated heterocycles. The van der Waals surface area contributed by atoms with Gasteiger partial charge in [-0.15, -0.1) is 0 Å². The summed E-state index contributed by atoms with van der Waals surface area (Å²) in [5.74, 6) is -0.244. The highest BCUT2D eigenvalue weighted by Crippen LogP contribution is 2.26. The number of rotatable bonds is 3. The predicted molar refractivity (Wildman–Crippen MR) is 80.1 cm³/mol. The van der Waals surface area contributed by atoms with Crippen molar-refractivity contribution in [2.45, 2.75) is 10.6 Å². The highest BCUT2D eigenvalue weighted by molar-refractivity contribution is 9.10. The van der Waals surface area contributed by atoms with E-state index < -0.39 is 16.6 Å². The molecule has 19 heavy (non-hydrogen) atoms. The smallest absolute Gasteiger partial charge is 0.123 e. The molecule has 0 spiro atoms. The molecule has 0 radical (unpaired) electrons. The number of hydrogen-bond donors (Lipinski definition) is 1. The van der Waals surface area contributed by atoms with Crippen molar-refractivity contribution in [1.82, 2.24) is 0 Å². The van der Waals surface area contributed by atoms with Crippen LogP contribution in [0.25, 0.3) is 0 Å². The van der Waals surface area contributed by atoms with Crippen LogP contribution in [0, 0.1) is 5.82 Å². The van der Waals surface area contributed by atoms with E-state index in [2.05, 4.69) is 15.9 Å². The van der Waals surface area contributed by atoms with Gasteiger partial charge in [0, 0.05) is 15.2 Å². The monoisotopic (exact) mass is 361 g/mol. The number of halogens is 3. The van der Waals surface area contributed by atoms with Gasteiger partial charge >= 0.3 is 0 Å². The topological polar surface area (TPSA) is 43.1 Å². The first-order valence-corrected chi connectivity index (χ1v) is 7.83. The second-order valence-electron chi connectivity index (χ2n) is 3.92. The molecule has 2 nitrogen and oxygen atoms in total. The third-order valence-electron chi connectivity index (χ3n) is 2.50. The van der Waals surface area contributed by atoms with Crippen molar-refractivity contribution in [2.24, 2.45) is 0 Å². The summed E-state index contributed by atoms with van der Waals surface area (Å²) in [6.07, 6.45) is 0. The van der Waals surface area contributed by atoms with E-state index in [9.17, 15) is 8.60 Å². The van der Waals surface area contributed by atoms with Crippen molar-refractivity contribution in [3.8, 4) is 0 Å². The lowest BCUT2D eigenvalue weighted by Gasteiger charge is -2.07. The fraction of sp³-hybridized carbons (Fsp3) is 0.0769. The molecule has 0 aliphatic carbocycles. The zero-order valence-electron chi connectivity index (χ0n) is 9.70. The van der Waals surface area contributed by atoms with E-state index in [1.165, 1.54) is 18.2 Å². The second-order valence-corrected chi connectivity index (χ2v) is 6.60. The maximum atomic E-state index is 13.1. The first-order chi connectivity index (χ1) is 8.97. The first-order valence-electron chi connectivity index (χ1n) is 5.34. The Morgan fingerprint density at radius 2 is 2.00 bits per heavy atom. The molecule has 1 unspecified atom stereocenters. The fourth-order valence-electron chi connectivity index (χ4n) is 1.57. The van der Waals surface area contributed by atoms with Crippen LogP contribution in [0.3, 0.4) is 0 Å². The van der Waals surface area contributed by atoms with Crippen molar-refractivity contribution in [1.29, 1.82) is 0 Å². The Kier molecular flexibility index (Phi) is 4.60. The van der Waals surface area contributed by atoms with E-state index >= 15 is 0 Å². The standard InChI is InChI=1S/C13H10BrClFNOS/c14-11-6-10(17)2-4-13(11)19(18)7-8-5-9(16)1-3-12(8)15/h1-6H,7,17H2. The van der Waals surface area contributed by atoms with Crippen molar-refractivity contribution in [2.75, 3.05) is 5.73 Å². The number of hydrogen-bond acceptors (Lipinski definition) is 2. The summed E-state index contributed by atoms with van der Waals surface area (Å²) in [5, 5.41) is 0.404. The number of nitrogens with two attached hydrogens (primary N) is 1. The highest BCUT2D eigenvalue weighted by atomic mass is 79.9. The molecule has 6 heteroatoms. The lowest BCUT2D eigenvalue weighted by Crippen LogP contribution is -1.99. The van der Waals surface area contributed by atoms with E-state index in [0.29, 0.717) is 25.6 Å². The molecular formula is C13H10BrClFNOS. The largest absolute Gasteiger partial charge is 0.399 e. The zero-order valence-corrected chi connectivity index (χ0v) is 12.9. The molecule has 2 rings (SSSR count). The number of anilines is 1. The van der Waals surface area contributed by atoms with E-state index in [1.807, 2.05) is 0 Å². The van der Waals surface area contributed by atoms with Crippen LogP contribution >= 0.6 is 27.5 Å². The summed E-state index contributed by atoms with van der Waals surface area (Å²) < 4.78 is 26.1. The van der Waals surface area contributed by atoms with E-state index in [-0.39, 0.29) is 5.75 Å². The summed E-state index contributed by atoms with van der Waals surface area (Å²) in [7, 11) is -1.33. The highest BCUT2D eigenvalue weighted by Gasteiger charge is 2.12. The average Bonchev–Trinajstić information content (AvgIpc) is 2.33. The molecule has 0 aliphatic heterocycles. The van der Waals surface area contributed by atoms with Crippen LogP contribution in [0.4, 0.5) is 10.1 Å². The van der Waals surface area contributed by atoms with Crippen molar-refractivity contribution >= 4 is 44.0 Å². The SMILES string of the molecule is Nc1ccc(S(=O)Cc2cc(F)ccc2Cl)c(Br)c1. The normalized spacial score (nSPS) is 12.4. The minimum absolute atomic E-state index is 0.152. The maximum absolute atomic E-state index is 13.1. The summed E-state index contributed by atoms with van der Waals surface area (Å²) in [4.78, 5) is 0.606. The molecule has 100 valence electrons. The minimum atomic E-state index is -1.33. The van der Waals surface area contributed by atoms with Crippen LogP contribution in [0.2, 0.25) is 5.02 Å². The van der Waals surface area contributed by atoms with Crippen LogP contribution in [0.5, 0.6) is 0 Å². The Balaban J connectivity index is 2.28. The average molecular weight is 363 g/mol. The molecule has 2 aromatic rings. The Morgan fingerprint density at radius 3 is 2.68 bits per heavy atom. The van der Waals surface area contributed by atoms with Crippen molar-refractivity contribution in [3.05, 3.63) is 57.3 Å². The Morgan fingerprint density at radius 1 is 1.26 bits per heavy atom. The van der Waals surface area contributed by atoms with Crippen molar-refractivity contribution in [3.63, 3.8) is 0 Å². The van der Waals surface area contributed by atoms with Gasteiger partial charge in [0.2, 0.25) is 0 Å². The molecule has 2 N–H and O–H groups in total. The van der Waals surface area contributed by atoms with Gasteiger partial charge in [-0.3, -0.25) is 4.21 Å². The third-order valence-corrected chi connectivity index (χ3v) is 5.20. The molecule has 0 heterocycles. The van der Waals surface area contributed by atoms with Crippen LogP contribution in [0.1, 0.15) is 5.56 Å². The first kappa shape index (κ1) is 14.5. The third kappa shape index (κ3) is 3.55. The molecule has 0 bridgehead atoms. The Hall–Kier alpha value is -0.910. The van der Waals surface area contributed by atoms with Gasteiger partial charge in [-0.1, -0.05) is 11.6 Å². The predicted octanol–water partition coefficient (Wildman–Crippen LogP) is 4.13. The van der Waals surface area contributed by atoms with E-state index in [4.69, 9.17) is 17.3 Å². The molecular weight excluding hydrogens is 353 g/mol. The van der Waals surface area contributed by atoms with Gasteiger partial charge in [-0.2, -0.15) is 0 Å². The molecule has 0 aliphatic rings. The molecule has 1 atom stereocenters. The molecule has 0 saturated carbocycles.